The molecule has 0 fully saturated rings. The van der Waals surface area contributed by atoms with Gasteiger partial charge in [-0.05, 0) is 12.1 Å². The van der Waals surface area contributed by atoms with E-state index in [0.29, 0.717) is 13.2 Å². The summed E-state index contributed by atoms with van der Waals surface area (Å²) in [5, 5.41) is 2.60. The maximum atomic E-state index is 12.6. The van der Waals surface area contributed by atoms with Gasteiger partial charge in [-0.1, -0.05) is 0 Å². The van der Waals surface area contributed by atoms with Crippen LogP contribution in [-0.2, 0) is 15.7 Å². The van der Waals surface area contributed by atoms with Crippen LogP contribution in [0.1, 0.15) is 5.56 Å². The monoisotopic (exact) mass is 264 g/mol. The molecule has 1 heterocycles. The van der Waals surface area contributed by atoms with Crippen LogP contribution in [0.3, 0.4) is 0 Å². The quantitative estimate of drug-likeness (QED) is 0.766. The molecule has 7 heteroatoms. The van der Waals surface area contributed by atoms with Crippen LogP contribution < -0.4 is 5.32 Å². The molecule has 0 unspecified atom stereocenters. The first-order valence-electron chi connectivity index (χ1n) is 5.38. The molecular formula is C11H15F3N2O2. The lowest BCUT2D eigenvalue weighted by atomic mass is 10.2. The molecule has 102 valence electrons. The normalized spacial score (nSPS) is 11.6. The van der Waals surface area contributed by atoms with E-state index in [2.05, 4.69) is 10.3 Å². The number of halogens is 3. The van der Waals surface area contributed by atoms with Gasteiger partial charge in [0.25, 0.3) is 0 Å². The highest BCUT2D eigenvalue weighted by atomic mass is 19.4. The van der Waals surface area contributed by atoms with E-state index in [1.165, 1.54) is 12.3 Å². The fourth-order valence-electron chi connectivity index (χ4n) is 1.26. The number of nitrogens with one attached hydrogen (secondary N) is 1. The Morgan fingerprint density at radius 3 is 2.72 bits per heavy atom. The molecule has 1 aromatic heterocycles. The Balaban J connectivity index is 2.43. The number of hydrogen-bond acceptors (Lipinski definition) is 4. The molecule has 0 aliphatic carbocycles. The molecule has 0 saturated heterocycles. The number of methoxy groups -OCH3 is 1. The number of nitrogens with zero attached hydrogens (tertiary/aromatic N) is 1. The minimum absolute atomic E-state index is 0.180. The molecule has 0 spiro atoms. The van der Waals surface area contributed by atoms with Gasteiger partial charge < -0.3 is 14.8 Å². The van der Waals surface area contributed by atoms with Crippen LogP contribution in [0, 0.1) is 0 Å². The first-order valence-corrected chi connectivity index (χ1v) is 5.38. The Morgan fingerprint density at radius 2 is 2.06 bits per heavy atom. The molecule has 18 heavy (non-hydrogen) atoms. The highest BCUT2D eigenvalue weighted by molar-refractivity contribution is 5.45. The highest BCUT2D eigenvalue weighted by Crippen LogP contribution is 2.33. The van der Waals surface area contributed by atoms with Crippen LogP contribution in [0.25, 0.3) is 0 Å². The van der Waals surface area contributed by atoms with Crippen LogP contribution in [0.4, 0.5) is 19.0 Å². The largest absolute Gasteiger partial charge is 0.419 e. The molecule has 0 aromatic carbocycles. The van der Waals surface area contributed by atoms with Crippen molar-refractivity contribution < 1.29 is 22.6 Å². The smallest absolute Gasteiger partial charge is 0.382 e. The number of hydrogen-bond donors (Lipinski definition) is 1. The summed E-state index contributed by atoms with van der Waals surface area (Å²) in [5.74, 6) is -0.180. The fraction of sp³-hybridized carbons (Fsp3) is 0.545. The van der Waals surface area contributed by atoms with Gasteiger partial charge in [-0.15, -0.1) is 0 Å². The van der Waals surface area contributed by atoms with E-state index in [-0.39, 0.29) is 19.0 Å². The summed E-state index contributed by atoms with van der Waals surface area (Å²) in [6.45, 7) is 1.41. The van der Waals surface area contributed by atoms with Gasteiger partial charge in [0, 0.05) is 19.9 Å². The van der Waals surface area contributed by atoms with Gasteiger partial charge in [0.15, 0.2) is 0 Å². The van der Waals surface area contributed by atoms with Gasteiger partial charge >= 0.3 is 6.18 Å². The van der Waals surface area contributed by atoms with Crippen molar-refractivity contribution in [2.24, 2.45) is 0 Å². The van der Waals surface area contributed by atoms with Crippen molar-refractivity contribution in [3.63, 3.8) is 0 Å². The molecule has 0 saturated carbocycles. The van der Waals surface area contributed by atoms with E-state index in [1.54, 1.807) is 7.11 Å². The van der Waals surface area contributed by atoms with Gasteiger partial charge in [0.05, 0.1) is 25.4 Å². The van der Waals surface area contributed by atoms with Gasteiger partial charge in [0.1, 0.15) is 5.82 Å². The maximum Gasteiger partial charge on any atom is 0.419 e. The molecular weight excluding hydrogens is 249 g/mol. The van der Waals surface area contributed by atoms with E-state index in [9.17, 15) is 13.2 Å². The van der Waals surface area contributed by atoms with Crippen molar-refractivity contribution in [3.8, 4) is 0 Å². The summed E-state index contributed by atoms with van der Waals surface area (Å²) in [6.07, 6.45) is -3.10. The summed E-state index contributed by atoms with van der Waals surface area (Å²) >= 11 is 0. The van der Waals surface area contributed by atoms with Gasteiger partial charge in [-0.25, -0.2) is 4.98 Å². The summed E-state index contributed by atoms with van der Waals surface area (Å²) < 4.78 is 47.7. The molecule has 1 N–H and O–H groups in total. The summed E-state index contributed by atoms with van der Waals surface area (Å²) in [6, 6.07) is 2.24. The fourth-order valence-corrected chi connectivity index (χ4v) is 1.26. The summed E-state index contributed by atoms with van der Waals surface area (Å²) in [7, 11) is 1.55. The Hall–Kier alpha value is -1.34. The van der Waals surface area contributed by atoms with Crippen molar-refractivity contribution in [1.82, 2.24) is 4.98 Å². The number of ether oxygens (including phenoxy) is 2. The molecule has 0 radical (unpaired) electrons. The molecule has 0 atom stereocenters. The molecule has 0 bridgehead atoms. The Labute approximate surface area is 103 Å². The zero-order valence-electron chi connectivity index (χ0n) is 9.96. The highest BCUT2D eigenvalue weighted by Gasteiger charge is 2.33. The molecule has 1 rings (SSSR count). The number of aromatic nitrogens is 1. The number of rotatable bonds is 7. The lowest BCUT2D eigenvalue weighted by Crippen LogP contribution is -2.16. The topological polar surface area (TPSA) is 43.4 Å². The second-order valence-electron chi connectivity index (χ2n) is 3.43. The molecule has 0 amide bonds. The van der Waals surface area contributed by atoms with Crippen molar-refractivity contribution in [1.29, 1.82) is 0 Å². The third-order valence-electron chi connectivity index (χ3n) is 2.08. The molecule has 1 aromatic rings. The zero-order chi connectivity index (χ0) is 13.4. The first kappa shape index (κ1) is 14.7. The Morgan fingerprint density at radius 1 is 1.28 bits per heavy atom. The van der Waals surface area contributed by atoms with Crippen molar-refractivity contribution in [2.75, 3.05) is 38.8 Å². The maximum absolute atomic E-state index is 12.6. The number of anilines is 1. The zero-order valence-corrected chi connectivity index (χ0v) is 9.96. The van der Waals surface area contributed by atoms with Crippen molar-refractivity contribution in [3.05, 3.63) is 23.9 Å². The summed E-state index contributed by atoms with van der Waals surface area (Å²) in [4.78, 5) is 3.67. The predicted octanol–water partition coefficient (Wildman–Crippen LogP) is 2.18. The van der Waals surface area contributed by atoms with Crippen LogP contribution in [0.2, 0.25) is 0 Å². The van der Waals surface area contributed by atoms with Gasteiger partial charge in [-0.2, -0.15) is 13.2 Å². The van der Waals surface area contributed by atoms with Crippen LogP contribution in [0.5, 0.6) is 0 Å². The average molecular weight is 264 g/mol. The standard InChI is InChI=1S/C11H15F3N2O2/c1-17-7-8-18-6-5-16-10-9(11(12,13)14)3-2-4-15-10/h2-4H,5-8H2,1H3,(H,15,16). The van der Waals surface area contributed by atoms with E-state index >= 15 is 0 Å². The Bertz CT molecular complexity index is 358. The number of alkyl halides is 3. The van der Waals surface area contributed by atoms with E-state index in [4.69, 9.17) is 9.47 Å². The Kier molecular flexibility index (Phi) is 5.87. The van der Waals surface area contributed by atoms with Crippen LogP contribution >= 0.6 is 0 Å². The lowest BCUT2D eigenvalue weighted by Gasteiger charge is -2.13. The average Bonchev–Trinajstić information content (AvgIpc) is 2.33. The number of pyridine rings is 1. The van der Waals surface area contributed by atoms with Crippen LogP contribution in [-0.4, -0.2) is 38.5 Å². The summed E-state index contributed by atoms with van der Waals surface area (Å²) in [5.41, 5.74) is -0.776. The van der Waals surface area contributed by atoms with Crippen molar-refractivity contribution in [2.45, 2.75) is 6.18 Å². The predicted molar refractivity (Wildman–Crippen MR) is 60.4 cm³/mol. The molecule has 0 aliphatic rings. The molecule has 4 nitrogen and oxygen atoms in total. The van der Waals surface area contributed by atoms with E-state index < -0.39 is 11.7 Å². The lowest BCUT2D eigenvalue weighted by molar-refractivity contribution is -0.137. The van der Waals surface area contributed by atoms with Crippen LogP contribution in [0.15, 0.2) is 18.3 Å². The second kappa shape index (κ2) is 7.17. The SMILES string of the molecule is COCCOCCNc1ncccc1C(F)(F)F. The van der Waals surface area contributed by atoms with E-state index in [1.807, 2.05) is 0 Å². The van der Waals surface area contributed by atoms with E-state index in [0.717, 1.165) is 6.07 Å². The molecule has 0 aliphatic heterocycles. The minimum atomic E-state index is -4.41. The minimum Gasteiger partial charge on any atom is -0.382 e. The van der Waals surface area contributed by atoms with Crippen molar-refractivity contribution >= 4 is 5.82 Å². The van der Waals surface area contributed by atoms with Gasteiger partial charge in [0.2, 0.25) is 0 Å². The second-order valence-corrected chi connectivity index (χ2v) is 3.43. The third kappa shape index (κ3) is 4.89. The first-order chi connectivity index (χ1) is 8.55. The van der Waals surface area contributed by atoms with Gasteiger partial charge in [-0.3, -0.25) is 0 Å². The third-order valence-corrected chi connectivity index (χ3v) is 2.08.